The summed E-state index contributed by atoms with van der Waals surface area (Å²) in [5.41, 5.74) is 1.80. The van der Waals surface area contributed by atoms with Gasteiger partial charge in [-0.05, 0) is 66.5 Å². The minimum absolute atomic E-state index is 0.122. The maximum absolute atomic E-state index is 12.4. The zero-order valence-electron chi connectivity index (χ0n) is 12.6. The Morgan fingerprint density at radius 3 is 2.65 bits per heavy atom. The number of nitrogens with one attached hydrogen (secondary N) is 1. The van der Waals surface area contributed by atoms with Crippen LogP contribution >= 0.6 is 34.5 Å². The highest BCUT2D eigenvalue weighted by Gasteiger charge is 2.24. The van der Waals surface area contributed by atoms with E-state index >= 15 is 0 Å². The summed E-state index contributed by atoms with van der Waals surface area (Å²) < 4.78 is 0. The molecule has 1 saturated heterocycles. The first-order chi connectivity index (χ1) is 11.1. The Morgan fingerprint density at radius 1 is 1.22 bits per heavy atom. The maximum Gasteiger partial charge on any atom is 0.251 e. The zero-order chi connectivity index (χ0) is 16.2. The average molecular weight is 369 g/mol. The molecule has 0 saturated carbocycles. The standard InChI is InChI=1S/C17H18Cl2N2OS/c18-14-4-3-12(9-15(14)19)17(22)20-10-16(13-5-8-23-11-13)21-6-1-2-7-21/h3-5,8-9,11,16H,1-2,6-7,10H2,(H,20,22)/t16-/m0/s1. The van der Waals surface area contributed by atoms with E-state index in [1.165, 1.54) is 18.4 Å². The summed E-state index contributed by atoms with van der Waals surface area (Å²) in [6, 6.07) is 7.32. The van der Waals surface area contributed by atoms with Crippen molar-refractivity contribution in [3.8, 4) is 0 Å². The van der Waals surface area contributed by atoms with E-state index in [1.807, 2.05) is 0 Å². The fourth-order valence-corrected chi connectivity index (χ4v) is 3.91. The zero-order valence-corrected chi connectivity index (χ0v) is 14.9. The number of carbonyl (C=O) groups is 1. The number of hydrogen-bond donors (Lipinski definition) is 1. The number of nitrogens with zero attached hydrogens (tertiary/aromatic N) is 1. The number of hydrogen-bond acceptors (Lipinski definition) is 3. The van der Waals surface area contributed by atoms with Crippen molar-refractivity contribution in [2.75, 3.05) is 19.6 Å². The Bertz CT molecular complexity index is 669. The number of benzene rings is 1. The van der Waals surface area contributed by atoms with E-state index < -0.39 is 0 Å². The lowest BCUT2D eigenvalue weighted by molar-refractivity contribution is 0.0938. The van der Waals surface area contributed by atoms with E-state index in [2.05, 4.69) is 27.0 Å². The molecule has 0 aliphatic carbocycles. The normalized spacial score (nSPS) is 16.4. The second kappa shape index (κ2) is 7.67. The van der Waals surface area contributed by atoms with Gasteiger partial charge in [0.25, 0.3) is 5.91 Å². The van der Waals surface area contributed by atoms with E-state index in [9.17, 15) is 4.79 Å². The van der Waals surface area contributed by atoms with Crippen molar-refractivity contribution in [3.05, 3.63) is 56.2 Å². The second-order valence-electron chi connectivity index (χ2n) is 5.65. The number of carbonyl (C=O) groups excluding carboxylic acids is 1. The van der Waals surface area contributed by atoms with Crippen molar-refractivity contribution in [2.45, 2.75) is 18.9 Å². The number of likely N-dealkylation sites (tertiary alicyclic amines) is 1. The molecule has 1 N–H and O–H groups in total. The van der Waals surface area contributed by atoms with Gasteiger partial charge in [-0.3, -0.25) is 9.69 Å². The summed E-state index contributed by atoms with van der Waals surface area (Å²) in [6.45, 7) is 2.77. The first-order valence-corrected chi connectivity index (χ1v) is 9.34. The van der Waals surface area contributed by atoms with Crippen LogP contribution in [0.5, 0.6) is 0 Å². The molecule has 0 radical (unpaired) electrons. The van der Waals surface area contributed by atoms with Gasteiger partial charge in [-0.25, -0.2) is 0 Å². The molecular formula is C17H18Cl2N2OS. The maximum atomic E-state index is 12.4. The van der Waals surface area contributed by atoms with Gasteiger partial charge in [-0.1, -0.05) is 23.2 Å². The third-order valence-corrected chi connectivity index (χ3v) is 5.59. The molecule has 2 heterocycles. The fourth-order valence-electron chi connectivity index (χ4n) is 2.90. The Morgan fingerprint density at radius 2 is 2.00 bits per heavy atom. The summed E-state index contributed by atoms with van der Waals surface area (Å²) in [6.07, 6.45) is 2.45. The summed E-state index contributed by atoms with van der Waals surface area (Å²) in [5.74, 6) is -0.122. The van der Waals surface area contributed by atoms with Gasteiger partial charge in [0.2, 0.25) is 0 Å². The lowest BCUT2D eigenvalue weighted by Crippen LogP contribution is -2.36. The lowest BCUT2D eigenvalue weighted by atomic mass is 10.1. The summed E-state index contributed by atoms with van der Waals surface area (Å²) in [4.78, 5) is 14.8. The highest BCUT2D eigenvalue weighted by molar-refractivity contribution is 7.08. The number of thiophene rings is 1. The van der Waals surface area contributed by atoms with Crippen molar-refractivity contribution in [3.63, 3.8) is 0 Å². The Balaban J connectivity index is 1.68. The third kappa shape index (κ3) is 4.07. The third-order valence-electron chi connectivity index (χ3n) is 4.15. The summed E-state index contributed by atoms with van der Waals surface area (Å²) in [5, 5.41) is 8.13. The van der Waals surface area contributed by atoms with Crippen molar-refractivity contribution in [2.24, 2.45) is 0 Å². The molecule has 0 unspecified atom stereocenters. The topological polar surface area (TPSA) is 32.3 Å². The summed E-state index contributed by atoms with van der Waals surface area (Å²) in [7, 11) is 0. The molecule has 1 atom stereocenters. The van der Waals surface area contributed by atoms with Gasteiger partial charge < -0.3 is 5.32 Å². The van der Waals surface area contributed by atoms with Gasteiger partial charge in [0, 0.05) is 12.1 Å². The lowest BCUT2D eigenvalue weighted by Gasteiger charge is -2.27. The van der Waals surface area contributed by atoms with E-state index in [-0.39, 0.29) is 11.9 Å². The molecule has 122 valence electrons. The highest BCUT2D eigenvalue weighted by atomic mass is 35.5. The van der Waals surface area contributed by atoms with Crippen LogP contribution in [-0.4, -0.2) is 30.4 Å². The van der Waals surface area contributed by atoms with Crippen molar-refractivity contribution in [1.82, 2.24) is 10.2 Å². The molecule has 1 amide bonds. The Labute approximate surface area is 150 Å². The average Bonchev–Trinajstić information content (AvgIpc) is 3.24. The van der Waals surface area contributed by atoms with Gasteiger partial charge in [0.1, 0.15) is 0 Å². The predicted molar refractivity (Wildman–Crippen MR) is 96.7 cm³/mol. The van der Waals surface area contributed by atoms with Crippen LogP contribution in [0.2, 0.25) is 10.0 Å². The van der Waals surface area contributed by atoms with Gasteiger partial charge >= 0.3 is 0 Å². The van der Waals surface area contributed by atoms with E-state index in [1.54, 1.807) is 29.5 Å². The van der Waals surface area contributed by atoms with Gasteiger partial charge in [0.15, 0.2) is 0 Å². The molecule has 3 rings (SSSR count). The van der Waals surface area contributed by atoms with Gasteiger partial charge in [0.05, 0.1) is 16.1 Å². The monoisotopic (exact) mass is 368 g/mol. The van der Waals surface area contributed by atoms with Crippen molar-refractivity contribution < 1.29 is 4.79 Å². The van der Waals surface area contributed by atoms with E-state index in [0.717, 1.165) is 13.1 Å². The molecule has 2 aromatic rings. The first kappa shape index (κ1) is 16.8. The molecule has 23 heavy (non-hydrogen) atoms. The molecule has 0 bridgehead atoms. The van der Waals surface area contributed by atoms with Gasteiger partial charge in [-0.15, -0.1) is 0 Å². The number of amides is 1. The molecular weight excluding hydrogens is 351 g/mol. The number of halogens is 2. The van der Waals surface area contributed by atoms with Crippen LogP contribution in [0.3, 0.4) is 0 Å². The number of rotatable bonds is 5. The first-order valence-electron chi connectivity index (χ1n) is 7.64. The van der Waals surface area contributed by atoms with Crippen LogP contribution in [0.1, 0.15) is 34.8 Å². The smallest absolute Gasteiger partial charge is 0.251 e. The largest absolute Gasteiger partial charge is 0.350 e. The quantitative estimate of drug-likeness (QED) is 0.834. The molecule has 1 aliphatic rings. The molecule has 1 aromatic heterocycles. The van der Waals surface area contributed by atoms with Crippen molar-refractivity contribution in [1.29, 1.82) is 0 Å². The molecule has 3 nitrogen and oxygen atoms in total. The minimum atomic E-state index is -0.122. The highest BCUT2D eigenvalue weighted by Crippen LogP contribution is 2.26. The SMILES string of the molecule is O=C(NC[C@@H](c1ccsc1)N1CCCC1)c1ccc(Cl)c(Cl)c1. The summed E-state index contributed by atoms with van der Waals surface area (Å²) >= 11 is 13.6. The van der Waals surface area contributed by atoms with Crippen LogP contribution in [0.4, 0.5) is 0 Å². The van der Waals surface area contributed by atoms with E-state index in [4.69, 9.17) is 23.2 Å². The van der Waals surface area contributed by atoms with Gasteiger partial charge in [-0.2, -0.15) is 11.3 Å². The van der Waals surface area contributed by atoms with Crippen LogP contribution in [0.15, 0.2) is 35.0 Å². The minimum Gasteiger partial charge on any atom is -0.350 e. The molecule has 6 heteroatoms. The fraction of sp³-hybridized carbons (Fsp3) is 0.353. The van der Waals surface area contributed by atoms with Crippen molar-refractivity contribution >= 4 is 40.4 Å². The molecule has 1 aliphatic heterocycles. The second-order valence-corrected chi connectivity index (χ2v) is 7.25. The van der Waals surface area contributed by atoms with Crippen LogP contribution in [-0.2, 0) is 0 Å². The van der Waals surface area contributed by atoms with Crippen LogP contribution in [0, 0.1) is 0 Å². The molecule has 1 aromatic carbocycles. The predicted octanol–water partition coefficient (Wildman–Crippen LogP) is 4.62. The Hall–Kier alpha value is -1.07. The molecule has 0 spiro atoms. The Kier molecular flexibility index (Phi) is 5.59. The van der Waals surface area contributed by atoms with E-state index in [0.29, 0.717) is 22.2 Å². The van der Waals surface area contributed by atoms with Crippen LogP contribution in [0.25, 0.3) is 0 Å². The van der Waals surface area contributed by atoms with Crippen LogP contribution < -0.4 is 5.32 Å². The molecule has 1 fully saturated rings.